The molecule has 5 heteroatoms. The maximum atomic E-state index is 10.7. The van der Waals surface area contributed by atoms with Crippen LogP contribution in [0.1, 0.15) is 26.2 Å². The van der Waals surface area contributed by atoms with E-state index < -0.39 is 0 Å². The first-order valence-corrected chi connectivity index (χ1v) is 4.39. The largest absolute Gasteiger partial charge is 0.370 e. The van der Waals surface area contributed by atoms with Gasteiger partial charge in [-0.1, -0.05) is 6.92 Å². The molecule has 0 saturated heterocycles. The molecule has 2 amide bonds. The molecule has 0 rings (SSSR count). The number of rotatable bonds is 7. The predicted molar refractivity (Wildman–Crippen MR) is 49.7 cm³/mol. The Labute approximate surface area is 77.8 Å². The Morgan fingerprint density at radius 2 is 2.00 bits per heavy atom. The highest BCUT2D eigenvalue weighted by Gasteiger charge is 2.10. The highest BCUT2D eigenvalue weighted by atomic mass is 16.1. The van der Waals surface area contributed by atoms with Gasteiger partial charge in [0, 0.05) is 6.42 Å². The SMILES string of the molecule is CCC(NCCCC(N)=O)C(N)=O. The summed E-state index contributed by atoms with van der Waals surface area (Å²) in [5.74, 6) is -0.685. The molecule has 0 aromatic heterocycles. The zero-order chi connectivity index (χ0) is 10.3. The van der Waals surface area contributed by atoms with Crippen LogP contribution < -0.4 is 16.8 Å². The summed E-state index contributed by atoms with van der Waals surface area (Å²) in [6, 6.07) is -0.298. The Hall–Kier alpha value is -1.10. The van der Waals surface area contributed by atoms with Crippen LogP contribution in [0.5, 0.6) is 0 Å². The molecule has 0 aromatic rings. The minimum absolute atomic E-state index is 0.298. The van der Waals surface area contributed by atoms with E-state index in [1.807, 2.05) is 6.92 Å². The van der Waals surface area contributed by atoms with Crippen LogP contribution in [0.15, 0.2) is 0 Å². The zero-order valence-electron chi connectivity index (χ0n) is 7.88. The van der Waals surface area contributed by atoms with Gasteiger partial charge in [0.05, 0.1) is 6.04 Å². The molecule has 5 nitrogen and oxygen atoms in total. The third kappa shape index (κ3) is 6.10. The molecule has 13 heavy (non-hydrogen) atoms. The predicted octanol–water partition coefficient (Wildman–Crippen LogP) is -0.895. The quantitative estimate of drug-likeness (QED) is 0.451. The average molecular weight is 187 g/mol. The van der Waals surface area contributed by atoms with Gasteiger partial charge in [-0.05, 0) is 19.4 Å². The van der Waals surface area contributed by atoms with E-state index in [1.54, 1.807) is 0 Å². The lowest BCUT2D eigenvalue weighted by Crippen LogP contribution is -2.41. The third-order valence-corrected chi connectivity index (χ3v) is 1.74. The second kappa shape index (κ2) is 6.42. The van der Waals surface area contributed by atoms with Gasteiger partial charge < -0.3 is 16.8 Å². The van der Waals surface area contributed by atoms with Crippen molar-refractivity contribution in [3.05, 3.63) is 0 Å². The Kier molecular flexibility index (Phi) is 5.88. The maximum absolute atomic E-state index is 10.7. The summed E-state index contributed by atoms with van der Waals surface area (Å²) < 4.78 is 0. The van der Waals surface area contributed by atoms with Crippen LogP contribution in [0.2, 0.25) is 0 Å². The molecule has 1 unspecified atom stereocenters. The standard InChI is InChI=1S/C8H17N3O2/c1-2-6(8(10)13)11-5-3-4-7(9)12/h6,11H,2-5H2,1H3,(H2,9,12)(H2,10,13). The molecule has 76 valence electrons. The molecule has 0 heterocycles. The van der Waals surface area contributed by atoms with Gasteiger partial charge >= 0.3 is 0 Å². The van der Waals surface area contributed by atoms with Gasteiger partial charge in [0.25, 0.3) is 0 Å². The fourth-order valence-electron chi connectivity index (χ4n) is 0.985. The van der Waals surface area contributed by atoms with Crippen LogP contribution in [0, 0.1) is 0 Å². The number of nitrogens with one attached hydrogen (secondary N) is 1. The van der Waals surface area contributed by atoms with Crippen LogP contribution in [-0.4, -0.2) is 24.4 Å². The normalized spacial score (nSPS) is 12.4. The zero-order valence-corrected chi connectivity index (χ0v) is 7.88. The van der Waals surface area contributed by atoms with Gasteiger partial charge in [-0.3, -0.25) is 9.59 Å². The lowest BCUT2D eigenvalue weighted by atomic mass is 10.2. The van der Waals surface area contributed by atoms with Crippen LogP contribution in [-0.2, 0) is 9.59 Å². The second-order valence-corrected chi connectivity index (χ2v) is 2.89. The minimum Gasteiger partial charge on any atom is -0.370 e. The van der Waals surface area contributed by atoms with Gasteiger partial charge in [0.15, 0.2) is 0 Å². The van der Waals surface area contributed by atoms with E-state index in [0.717, 1.165) is 0 Å². The van der Waals surface area contributed by atoms with Gasteiger partial charge in [-0.15, -0.1) is 0 Å². The Bertz CT molecular complexity index is 182. The molecule has 0 saturated carbocycles. The Morgan fingerprint density at radius 1 is 1.38 bits per heavy atom. The molecule has 0 aliphatic carbocycles. The first-order chi connectivity index (χ1) is 6.07. The van der Waals surface area contributed by atoms with E-state index in [1.165, 1.54) is 0 Å². The summed E-state index contributed by atoms with van der Waals surface area (Å²) in [7, 11) is 0. The van der Waals surface area contributed by atoms with Gasteiger partial charge in [0.2, 0.25) is 11.8 Å². The molecule has 5 N–H and O–H groups in total. The highest BCUT2D eigenvalue weighted by molar-refractivity contribution is 5.79. The van der Waals surface area contributed by atoms with Crippen LogP contribution in [0.25, 0.3) is 0 Å². The smallest absolute Gasteiger partial charge is 0.234 e. The number of carbonyl (C=O) groups is 2. The number of hydrogen-bond donors (Lipinski definition) is 3. The summed E-state index contributed by atoms with van der Waals surface area (Å²) in [6.45, 7) is 2.46. The molecule has 0 aromatic carbocycles. The van der Waals surface area contributed by atoms with Gasteiger partial charge in [0.1, 0.15) is 0 Å². The van der Waals surface area contributed by atoms with Crippen LogP contribution >= 0.6 is 0 Å². The van der Waals surface area contributed by atoms with Crippen LogP contribution in [0.4, 0.5) is 0 Å². The first kappa shape index (κ1) is 11.9. The molecule has 0 radical (unpaired) electrons. The van der Waals surface area contributed by atoms with E-state index in [2.05, 4.69) is 5.32 Å². The summed E-state index contributed by atoms with van der Waals surface area (Å²) in [4.78, 5) is 21.1. The molecule has 1 atom stereocenters. The summed E-state index contributed by atoms with van der Waals surface area (Å²) in [6.07, 6.45) is 1.63. The van der Waals surface area contributed by atoms with Crippen LogP contribution in [0.3, 0.4) is 0 Å². The monoisotopic (exact) mass is 187 g/mol. The highest BCUT2D eigenvalue weighted by Crippen LogP contribution is 1.91. The fourth-order valence-corrected chi connectivity index (χ4v) is 0.985. The third-order valence-electron chi connectivity index (χ3n) is 1.74. The van der Waals surface area contributed by atoms with E-state index in [4.69, 9.17) is 11.5 Å². The second-order valence-electron chi connectivity index (χ2n) is 2.89. The number of carbonyl (C=O) groups excluding carboxylic acids is 2. The van der Waals surface area contributed by atoms with E-state index >= 15 is 0 Å². The number of amides is 2. The molecule has 0 aliphatic rings. The van der Waals surface area contributed by atoms with Crippen molar-refractivity contribution in [2.75, 3.05) is 6.54 Å². The summed E-state index contributed by atoms with van der Waals surface area (Å²) >= 11 is 0. The number of nitrogens with two attached hydrogens (primary N) is 2. The molecular weight excluding hydrogens is 170 g/mol. The average Bonchev–Trinajstić information content (AvgIpc) is 2.03. The van der Waals surface area contributed by atoms with Gasteiger partial charge in [-0.2, -0.15) is 0 Å². The van der Waals surface area contributed by atoms with Gasteiger partial charge in [-0.25, -0.2) is 0 Å². The fraction of sp³-hybridized carbons (Fsp3) is 0.750. The Morgan fingerprint density at radius 3 is 2.38 bits per heavy atom. The lowest BCUT2D eigenvalue weighted by molar-refractivity contribution is -0.120. The summed E-state index contributed by atoms with van der Waals surface area (Å²) in [5.41, 5.74) is 10.0. The minimum atomic E-state index is -0.360. The Balaban J connectivity index is 3.50. The van der Waals surface area contributed by atoms with Crippen molar-refractivity contribution in [3.8, 4) is 0 Å². The van der Waals surface area contributed by atoms with Crippen molar-refractivity contribution in [1.82, 2.24) is 5.32 Å². The molecule has 0 spiro atoms. The van der Waals surface area contributed by atoms with Crippen molar-refractivity contribution in [1.29, 1.82) is 0 Å². The number of primary amides is 2. The first-order valence-electron chi connectivity index (χ1n) is 4.39. The van der Waals surface area contributed by atoms with Crippen molar-refractivity contribution < 1.29 is 9.59 Å². The van der Waals surface area contributed by atoms with E-state index in [9.17, 15) is 9.59 Å². The number of hydrogen-bond acceptors (Lipinski definition) is 3. The maximum Gasteiger partial charge on any atom is 0.234 e. The topological polar surface area (TPSA) is 98.2 Å². The molecule has 0 bridgehead atoms. The van der Waals surface area contributed by atoms with Crippen molar-refractivity contribution in [2.24, 2.45) is 11.5 Å². The lowest BCUT2D eigenvalue weighted by Gasteiger charge is -2.11. The van der Waals surface area contributed by atoms with Crippen molar-refractivity contribution in [3.63, 3.8) is 0 Å². The van der Waals surface area contributed by atoms with E-state index in [-0.39, 0.29) is 17.9 Å². The molecular formula is C8H17N3O2. The molecule has 0 aliphatic heterocycles. The van der Waals surface area contributed by atoms with Crippen molar-refractivity contribution in [2.45, 2.75) is 32.2 Å². The molecule has 0 fully saturated rings. The van der Waals surface area contributed by atoms with Crippen molar-refractivity contribution >= 4 is 11.8 Å². The van der Waals surface area contributed by atoms with E-state index in [0.29, 0.717) is 25.8 Å². The summed E-state index contributed by atoms with van der Waals surface area (Å²) in [5, 5.41) is 2.94.